The fraction of sp³-hybridized carbons (Fsp3) is 0.517. The minimum Gasteiger partial charge on any atom is -0.453 e. The number of halogens is 9. The largest absolute Gasteiger partial charge is 0.453 e. The predicted molar refractivity (Wildman–Crippen MR) is 138 cm³/mol. The van der Waals surface area contributed by atoms with E-state index >= 15 is 0 Å². The zero-order valence-corrected chi connectivity index (χ0v) is 23.6. The number of nitrogens with zero attached hydrogens (tertiary/aromatic N) is 2. The molecule has 1 saturated carbocycles. The van der Waals surface area contributed by atoms with E-state index in [0.717, 1.165) is 36.6 Å². The molecule has 0 aromatic heterocycles. The Labute approximate surface area is 246 Å². The van der Waals surface area contributed by atoms with Gasteiger partial charge in [-0.3, -0.25) is 9.80 Å². The molecule has 0 saturated heterocycles. The number of methoxy groups -OCH3 is 1. The van der Waals surface area contributed by atoms with Crippen LogP contribution in [0.5, 0.6) is 0 Å². The van der Waals surface area contributed by atoms with Crippen LogP contribution in [0.1, 0.15) is 72.9 Å². The van der Waals surface area contributed by atoms with Crippen LogP contribution in [0.25, 0.3) is 0 Å². The molecule has 1 aliphatic carbocycles. The third-order valence-electron chi connectivity index (χ3n) is 7.88. The van der Waals surface area contributed by atoms with Gasteiger partial charge < -0.3 is 9.47 Å². The van der Waals surface area contributed by atoms with Crippen LogP contribution in [0.4, 0.5) is 54.8 Å². The van der Waals surface area contributed by atoms with Gasteiger partial charge in [-0.25, -0.2) is 9.59 Å². The lowest BCUT2D eigenvalue weighted by molar-refractivity contribution is -0.143. The zero-order valence-electron chi connectivity index (χ0n) is 23.6. The van der Waals surface area contributed by atoms with Crippen molar-refractivity contribution in [1.29, 1.82) is 0 Å². The maximum Gasteiger partial charge on any atom is 0.416 e. The van der Waals surface area contributed by atoms with Crippen molar-refractivity contribution in [2.75, 3.05) is 18.6 Å². The van der Waals surface area contributed by atoms with Crippen LogP contribution in [0.15, 0.2) is 36.4 Å². The van der Waals surface area contributed by atoms with Gasteiger partial charge in [-0.1, -0.05) is 13.3 Å². The van der Waals surface area contributed by atoms with Crippen LogP contribution in [-0.2, 0) is 34.5 Å². The lowest BCUT2D eigenvalue weighted by atomic mass is 9.74. The standard InChI is InChI=1S/C29H29F9N2O4/c1-3-9-44-26(42)40-22-8-7-18(27(30,31)32)13-21(22)24(14-23(40)17-5-4-6-17)39(25(41)43-2)15-16-10-19(28(33,34)35)12-20(11-16)29(36,37)38/h7-8,10-13,17,23-24H,3-6,9,14-15H2,1-2H3/t23-,24-/m1/s1. The molecule has 6 nitrogen and oxygen atoms in total. The lowest BCUT2D eigenvalue weighted by Crippen LogP contribution is -2.53. The second-order valence-electron chi connectivity index (χ2n) is 10.8. The molecule has 0 N–H and O–H groups in total. The van der Waals surface area contributed by atoms with E-state index in [9.17, 15) is 49.1 Å². The summed E-state index contributed by atoms with van der Waals surface area (Å²) in [5, 5.41) is 0. The molecule has 44 heavy (non-hydrogen) atoms. The summed E-state index contributed by atoms with van der Waals surface area (Å²) < 4.78 is 133. The quantitative estimate of drug-likeness (QED) is 0.296. The molecular formula is C29H29F9N2O4. The summed E-state index contributed by atoms with van der Waals surface area (Å²) in [6.07, 6.45) is -14.8. The summed E-state index contributed by atoms with van der Waals surface area (Å²) in [5.74, 6) is -0.146. The van der Waals surface area contributed by atoms with Crippen LogP contribution in [-0.4, -0.2) is 36.8 Å². The highest BCUT2D eigenvalue weighted by atomic mass is 19.4. The average molecular weight is 641 g/mol. The first-order valence-electron chi connectivity index (χ1n) is 13.8. The minimum absolute atomic E-state index is 0.0128. The van der Waals surface area contributed by atoms with Gasteiger partial charge in [-0.2, -0.15) is 39.5 Å². The molecule has 2 aromatic rings. The van der Waals surface area contributed by atoms with Crippen LogP contribution in [0.2, 0.25) is 0 Å². The second kappa shape index (κ2) is 12.4. The molecule has 0 radical (unpaired) electrons. The number of anilines is 1. The Kier molecular flexibility index (Phi) is 9.36. The van der Waals surface area contributed by atoms with Crippen molar-refractivity contribution in [2.45, 2.75) is 76.2 Å². The number of carbonyl (C=O) groups excluding carboxylic acids is 2. The smallest absolute Gasteiger partial charge is 0.416 e. The van der Waals surface area contributed by atoms with Gasteiger partial charge in [0, 0.05) is 12.6 Å². The Balaban J connectivity index is 1.89. The maximum absolute atomic E-state index is 13.8. The monoisotopic (exact) mass is 640 g/mol. The number of benzene rings is 2. The number of rotatable bonds is 6. The van der Waals surface area contributed by atoms with Gasteiger partial charge in [0.15, 0.2) is 0 Å². The Morgan fingerprint density at radius 2 is 1.48 bits per heavy atom. The summed E-state index contributed by atoms with van der Waals surface area (Å²) in [5.41, 5.74) is -5.14. The van der Waals surface area contributed by atoms with Crippen molar-refractivity contribution in [2.24, 2.45) is 5.92 Å². The van der Waals surface area contributed by atoms with E-state index < -0.39 is 71.6 Å². The third kappa shape index (κ3) is 7.01. The first-order chi connectivity index (χ1) is 20.5. The molecule has 2 amide bonds. The van der Waals surface area contributed by atoms with Crippen molar-refractivity contribution in [3.8, 4) is 0 Å². The number of hydrogen-bond donors (Lipinski definition) is 0. The summed E-state index contributed by atoms with van der Waals surface area (Å²) in [6, 6.07) is 1.35. The van der Waals surface area contributed by atoms with E-state index in [1.165, 1.54) is 4.90 Å². The number of hydrogen-bond acceptors (Lipinski definition) is 4. The topological polar surface area (TPSA) is 59.1 Å². The molecule has 0 bridgehead atoms. The normalized spacial score (nSPS) is 19.2. The van der Waals surface area contributed by atoms with E-state index in [4.69, 9.17) is 9.47 Å². The number of amides is 2. The van der Waals surface area contributed by atoms with Gasteiger partial charge >= 0.3 is 30.7 Å². The van der Waals surface area contributed by atoms with Gasteiger partial charge in [-0.15, -0.1) is 0 Å². The van der Waals surface area contributed by atoms with Gasteiger partial charge in [0.2, 0.25) is 0 Å². The van der Waals surface area contributed by atoms with E-state index in [1.54, 1.807) is 6.92 Å². The molecule has 2 atom stereocenters. The first kappa shape index (κ1) is 33.2. The molecule has 0 unspecified atom stereocenters. The number of ether oxygens (including phenoxy) is 2. The van der Waals surface area contributed by atoms with Crippen molar-refractivity contribution in [1.82, 2.24) is 4.90 Å². The third-order valence-corrected chi connectivity index (χ3v) is 7.88. The Morgan fingerprint density at radius 3 is 1.95 bits per heavy atom. The van der Waals surface area contributed by atoms with Gasteiger partial charge in [0.1, 0.15) is 0 Å². The average Bonchev–Trinajstić information content (AvgIpc) is 2.91. The Hall–Kier alpha value is -3.65. The van der Waals surface area contributed by atoms with E-state index in [0.29, 0.717) is 31.4 Å². The number of alkyl halides is 9. The van der Waals surface area contributed by atoms with Crippen molar-refractivity contribution in [3.63, 3.8) is 0 Å². The highest BCUT2D eigenvalue weighted by molar-refractivity contribution is 5.90. The zero-order chi connectivity index (χ0) is 32.6. The van der Waals surface area contributed by atoms with Gasteiger partial charge in [0.05, 0.1) is 42.1 Å². The first-order valence-corrected chi connectivity index (χ1v) is 13.8. The summed E-state index contributed by atoms with van der Waals surface area (Å²) in [6.45, 7) is 0.911. The molecule has 4 rings (SSSR count). The summed E-state index contributed by atoms with van der Waals surface area (Å²) in [7, 11) is 0.927. The Morgan fingerprint density at radius 1 is 0.886 bits per heavy atom. The van der Waals surface area contributed by atoms with Crippen molar-refractivity contribution >= 4 is 17.9 Å². The number of fused-ring (bicyclic) bond motifs is 1. The molecular weight excluding hydrogens is 611 g/mol. The highest BCUT2D eigenvalue weighted by Gasteiger charge is 2.46. The van der Waals surface area contributed by atoms with Crippen LogP contribution < -0.4 is 4.90 Å². The molecule has 242 valence electrons. The van der Waals surface area contributed by atoms with Crippen molar-refractivity contribution < 1.29 is 58.6 Å². The lowest BCUT2D eigenvalue weighted by Gasteiger charge is -2.48. The summed E-state index contributed by atoms with van der Waals surface area (Å²) in [4.78, 5) is 28.4. The van der Waals surface area contributed by atoms with Crippen LogP contribution >= 0.6 is 0 Å². The van der Waals surface area contributed by atoms with Crippen molar-refractivity contribution in [3.05, 3.63) is 64.2 Å². The molecule has 2 aliphatic rings. The number of carbonyl (C=O) groups is 2. The Bertz CT molecular complexity index is 1340. The predicted octanol–water partition coefficient (Wildman–Crippen LogP) is 8.98. The molecule has 2 aromatic carbocycles. The van der Waals surface area contributed by atoms with Gasteiger partial charge in [0.25, 0.3) is 0 Å². The molecule has 15 heteroatoms. The SMILES string of the molecule is CCCOC(=O)N1c2ccc(C(F)(F)F)cc2[C@H](N(Cc2cc(C(F)(F)F)cc(C(F)(F)F)c2)C(=O)OC)C[C@@H]1C1CCC1. The fourth-order valence-corrected chi connectivity index (χ4v) is 5.60. The highest BCUT2D eigenvalue weighted by Crippen LogP contribution is 2.49. The minimum atomic E-state index is -5.17. The second-order valence-corrected chi connectivity index (χ2v) is 10.8. The summed E-state index contributed by atoms with van der Waals surface area (Å²) >= 11 is 0. The van der Waals surface area contributed by atoms with E-state index in [2.05, 4.69) is 0 Å². The van der Waals surface area contributed by atoms with E-state index in [1.807, 2.05) is 0 Å². The van der Waals surface area contributed by atoms with E-state index in [-0.39, 0.29) is 36.3 Å². The molecule has 1 aliphatic heterocycles. The molecule has 0 spiro atoms. The van der Waals surface area contributed by atoms with Crippen LogP contribution in [0, 0.1) is 5.92 Å². The van der Waals surface area contributed by atoms with Crippen LogP contribution in [0.3, 0.4) is 0 Å². The fourth-order valence-electron chi connectivity index (χ4n) is 5.60. The van der Waals surface area contributed by atoms with Gasteiger partial charge in [-0.05, 0) is 79.1 Å². The molecule has 1 heterocycles. The maximum atomic E-state index is 13.8. The molecule has 1 fully saturated rings.